The Morgan fingerprint density at radius 1 is 1.53 bits per heavy atom. The lowest BCUT2D eigenvalue weighted by Crippen LogP contribution is -2.59. The number of carbonyl (C=O) groups is 1. The van der Waals surface area contributed by atoms with Crippen LogP contribution in [0.5, 0.6) is 0 Å². The SMILES string of the molecule is CCOC1CCCN(C(=O)C2(C(N)=S)CC(C)C2)C1. The molecule has 108 valence electrons. The second-order valence-corrected chi connectivity index (χ2v) is 6.37. The van der Waals surface area contributed by atoms with Gasteiger partial charge in [-0.15, -0.1) is 0 Å². The highest BCUT2D eigenvalue weighted by Gasteiger charge is 2.52. The van der Waals surface area contributed by atoms with Crippen molar-refractivity contribution in [2.45, 2.75) is 45.6 Å². The number of ether oxygens (including phenoxy) is 1. The average Bonchev–Trinajstić information content (AvgIpc) is 2.34. The number of likely N-dealkylation sites (tertiary alicyclic amines) is 1. The predicted molar refractivity (Wildman–Crippen MR) is 78.8 cm³/mol. The fraction of sp³-hybridized carbons (Fsp3) is 0.857. The first-order valence-electron chi connectivity index (χ1n) is 7.20. The summed E-state index contributed by atoms with van der Waals surface area (Å²) in [5.74, 6) is 0.667. The van der Waals surface area contributed by atoms with Gasteiger partial charge in [-0.1, -0.05) is 19.1 Å². The summed E-state index contributed by atoms with van der Waals surface area (Å²) in [4.78, 5) is 15.0. The standard InChI is InChI=1S/C14H24N2O2S/c1-3-18-11-5-4-6-16(9-11)13(17)14(12(15)19)7-10(2)8-14/h10-11H,3-9H2,1-2H3,(H2,15,19). The van der Waals surface area contributed by atoms with Gasteiger partial charge in [-0.25, -0.2) is 0 Å². The number of amides is 1. The first-order chi connectivity index (χ1) is 8.99. The van der Waals surface area contributed by atoms with E-state index in [1.165, 1.54) is 0 Å². The second kappa shape index (κ2) is 5.75. The molecular formula is C14H24N2O2S. The van der Waals surface area contributed by atoms with E-state index in [9.17, 15) is 4.79 Å². The van der Waals surface area contributed by atoms with Crippen LogP contribution in [0, 0.1) is 11.3 Å². The Labute approximate surface area is 120 Å². The zero-order valence-corrected chi connectivity index (χ0v) is 12.7. The number of hydrogen-bond acceptors (Lipinski definition) is 3. The van der Waals surface area contributed by atoms with Crippen LogP contribution >= 0.6 is 12.2 Å². The fourth-order valence-electron chi connectivity index (χ4n) is 3.41. The maximum atomic E-state index is 12.7. The van der Waals surface area contributed by atoms with E-state index in [4.69, 9.17) is 22.7 Å². The van der Waals surface area contributed by atoms with Crippen LogP contribution < -0.4 is 5.73 Å². The van der Waals surface area contributed by atoms with Crippen molar-refractivity contribution in [1.29, 1.82) is 0 Å². The summed E-state index contributed by atoms with van der Waals surface area (Å²) in [6, 6.07) is 0. The highest BCUT2D eigenvalue weighted by Crippen LogP contribution is 2.47. The van der Waals surface area contributed by atoms with E-state index in [0.29, 0.717) is 24.1 Å². The molecule has 2 N–H and O–H groups in total. The largest absolute Gasteiger partial charge is 0.392 e. The Morgan fingerprint density at radius 3 is 2.74 bits per heavy atom. The highest BCUT2D eigenvalue weighted by molar-refractivity contribution is 7.80. The molecule has 1 saturated carbocycles. The van der Waals surface area contributed by atoms with Gasteiger partial charge in [0.1, 0.15) is 0 Å². The maximum Gasteiger partial charge on any atom is 0.235 e. The van der Waals surface area contributed by atoms with Gasteiger partial charge < -0.3 is 15.4 Å². The van der Waals surface area contributed by atoms with Crippen LogP contribution in [-0.4, -0.2) is 41.6 Å². The van der Waals surface area contributed by atoms with E-state index in [-0.39, 0.29) is 12.0 Å². The van der Waals surface area contributed by atoms with Crippen molar-refractivity contribution in [3.63, 3.8) is 0 Å². The lowest BCUT2D eigenvalue weighted by molar-refractivity contribution is -0.148. The third-order valence-electron chi connectivity index (χ3n) is 4.34. The molecule has 19 heavy (non-hydrogen) atoms. The summed E-state index contributed by atoms with van der Waals surface area (Å²) in [5, 5.41) is 0. The number of hydrogen-bond donors (Lipinski definition) is 1. The molecule has 2 aliphatic rings. The van der Waals surface area contributed by atoms with Gasteiger partial charge in [-0.05, 0) is 38.5 Å². The van der Waals surface area contributed by atoms with Crippen LogP contribution in [0.3, 0.4) is 0 Å². The molecule has 1 atom stereocenters. The van der Waals surface area contributed by atoms with Crippen LogP contribution in [0.25, 0.3) is 0 Å². The van der Waals surface area contributed by atoms with Crippen molar-refractivity contribution in [2.24, 2.45) is 17.1 Å². The van der Waals surface area contributed by atoms with Crippen molar-refractivity contribution < 1.29 is 9.53 Å². The summed E-state index contributed by atoms with van der Waals surface area (Å²) >= 11 is 5.16. The summed E-state index contributed by atoms with van der Waals surface area (Å²) < 4.78 is 5.65. The molecule has 5 heteroatoms. The van der Waals surface area contributed by atoms with Gasteiger partial charge in [0, 0.05) is 19.7 Å². The quantitative estimate of drug-likeness (QED) is 0.799. The van der Waals surface area contributed by atoms with Crippen LogP contribution in [-0.2, 0) is 9.53 Å². The fourth-order valence-corrected chi connectivity index (χ4v) is 3.66. The molecule has 2 fully saturated rings. The summed E-state index contributed by atoms with van der Waals surface area (Å²) in [6.45, 7) is 6.32. The zero-order chi connectivity index (χ0) is 14.0. The molecule has 0 spiro atoms. The van der Waals surface area contributed by atoms with E-state index < -0.39 is 5.41 Å². The maximum absolute atomic E-state index is 12.7. The van der Waals surface area contributed by atoms with Crippen molar-refractivity contribution in [3.05, 3.63) is 0 Å². The molecule has 1 heterocycles. The Hall–Kier alpha value is -0.680. The van der Waals surface area contributed by atoms with Crippen LogP contribution in [0.2, 0.25) is 0 Å². The van der Waals surface area contributed by atoms with Crippen molar-refractivity contribution >= 4 is 23.1 Å². The zero-order valence-electron chi connectivity index (χ0n) is 11.9. The molecule has 2 rings (SSSR count). The minimum Gasteiger partial charge on any atom is -0.392 e. The van der Waals surface area contributed by atoms with Crippen molar-refractivity contribution in [3.8, 4) is 0 Å². The van der Waals surface area contributed by atoms with Gasteiger partial charge in [0.2, 0.25) is 5.91 Å². The van der Waals surface area contributed by atoms with Gasteiger partial charge in [0.25, 0.3) is 0 Å². The first kappa shape index (κ1) is 14.7. The number of nitrogens with two attached hydrogens (primary N) is 1. The van der Waals surface area contributed by atoms with Gasteiger partial charge in [-0.2, -0.15) is 0 Å². The second-order valence-electron chi connectivity index (χ2n) is 5.93. The number of thiocarbonyl (C=S) groups is 1. The Bertz CT molecular complexity index is 364. The first-order valence-corrected chi connectivity index (χ1v) is 7.61. The predicted octanol–water partition coefficient (Wildman–Crippen LogP) is 1.72. The molecule has 1 aliphatic heterocycles. The molecule has 0 aromatic rings. The van der Waals surface area contributed by atoms with Gasteiger partial charge in [0.05, 0.1) is 16.5 Å². The molecule has 1 saturated heterocycles. The third-order valence-corrected chi connectivity index (χ3v) is 4.73. The summed E-state index contributed by atoms with van der Waals surface area (Å²) in [5.41, 5.74) is 5.28. The summed E-state index contributed by atoms with van der Waals surface area (Å²) in [6.07, 6.45) is 3.81. The van der Waals surface area contributed by atoms with E-state index in [1.807, 2.05) is 11.8 Å². The molecule has 0 aromatic carbocycles. The Morgan fingerprint density at radius 2 is 2.21 bits per heavy atom. The van der Waals surface area contributed by atoms with Crippen molar-refractivity contribution in [1.82, 2.24) is 4.90 Å². The Kier molecular flexibility index (Phi) is 4.46. The lowest BCUT2D eigenvalue weighted by Gasteiger charge is -2.48. The lowest BCUT2D eigenvalue weighted by atomic mass is 9.61. The smallest absolute Gasteiger partial charge is 0.235 e. The minimum atomic E-state index is -0.567. The molecule has 1 unspecified atom stereocenters. The normalized spacial score (nSPS) is 34.7. The van der Waals surface area contributed by atoms with E-state index in [1.54, 1.807) is 0 Å². The summed E-state index contributed by atoms with van der Waals surface area (Å²) in [7, 11) is 0. The monoisotopic (exact) mass is 284 g/mol. The molecule has 1 amide bonds. The van der Waals surface area contributed by atoms with Crippen LogP contribution in [0.4, 0.5) is 0 Å². The molecule has 0 aromatic heterocycles. The third kappa shape index (κ3) is 2.77. The molecule has 0 radical (unpaired) electrons. The molecule has 0 bridgehead atoms. The minimum absolute atomic E-state index is 0.127. The van der Waals surface area contributed by atoms with Gasteiger partial charge in [0.15, 0.2) is 0 Å². The van der Waals surface area contributed by atoms with Gasteiger partial charge >= 0.3 is 0 Å². The molecule has 1 aliphatic carbocycles. The highest BCUT2D eigenvalue weighted by atomic mass is 32.1. The van der Waals surface area contributed by atoms with E-state index in [0.717, 1.165) is 32.2 Å². The van der Waals surface area contributed by atoms with Gasteiger partial charge in [-0.3, -0.25) is 4.79 Å². The number of rotatable bonds is 4. The van der Waals surface area contributed by atoms with E-state index >= 15 is 0 Å². The molecule has 4 nitrogen and oxygen atoms in total. The Balaban J connectivity index is 2.04. The van der Waals surface area contributed by atoms with Crippen molar-refractivity contribution in [2.75, 3.05) is 19.7 Å². The number of nitrogens with zero attached hydrogens (tertiary/aromatic N) is 1. The van der Waals surface area contributed by atoms with E-state index in [2.05, 4.69) is 6.92 Å². The number of carbonyl (C=O) groups excluding carboxylic acids is 1. The average molecular weight is 284 g/mol. The molecular weight excluding hydrogens is 260 g/mol. The topological polar surface area (TPSA) is 55.6 Å². The number of piperidine rings is 1. The van der Waals surface area contributed by atoms with Crippen LogP contribution in [0.15, 0.2) is 0 Å². The van der Waals surface area contributed by atoms with Crippen LogP contribution in [0.1, 0.15) is 39.5 Å².